The molecule has 0 saturated heterocycles. The Morgan fingerprint density at radius 3 is 2.38 bits per heavy atom. The van der Waals surface area contributed by atoms with Gasteiger partial charge in [-0.2, -0.15) is 4.57 Å². The van der Waals surface area contributed by atoms with Gasteiger partial charge in [0.05, 0.1) is 30.6 Å². The van der Waals surface area contributed by atoms with Gasteiger partial charge in [-0.3, -0.25) is 0 Å². The van der Waals surface area contributed by atoms with E-state index in [0.717, 1.165) is 50.5 Å². The minimum Gasteiger partial charge on any atom is -0.497 e. The Kier molecular flexibility index (Phi) is 3.10. The number of hydrogen-bond donors (Lipinski definition) is 0. The summed E-state index contributed by atoms with van der Waals surface area (Å²) in [7, 11) is 5.44. The van der Waals surface area contributed by atoms with Crippen molar-refractivity contribution in [3.8, 4) is 34.3 Å². The molecule has 1 aromatic heterocycles. The molecule has 4 nitrogen and oxygen atoms in total. The van der Waals surface area contributed by atoms with Crippen molar-refractivity contribution in [2.45, 2.75) is 0 Å². The first kappa shape index (κ1) is 15.0. The smallest absolute Gasteiger partial charge is 0.228 e. The first-order valence-electron chi connectivity index (χ1n) is 8.50. The van der Waals surface area contributed by atoms with Crippen molar-refractivity contribution in [3.63, 3.8) is 0 Å². The molecule has 0 aliphatic carbocycles. The highest BCUT2D eigenvalue weighted by molar-refractivity contribution is 6.13. The Hall–Kier alpha value is -3.27. The summed E-state index contributed by atoms with van der Waals surface area (Å²) in [6, 6.07) is 18.4. The maximum Gasteiger partial charge on any atom is 0.228 e. The summed E-state index contributed by atoms with van der Waals surface area (Å²) in [4.78, 5) is 0. The number of aryl methyl sites for hydroxylation is 1. The molecule has 0 saturated carbocycles. The summed E-state index contributed by atoms with van der Waals surface area (Å²) < 4.78 is 19.4. The largest absolute Gasteiger partial charge is 0.497 e. The van der Waals surface area contributed by atoms with Crippen LogP contribution in [0.4, 0.5) is 0 Å². The molecule has 4 aromatic rings. The van der Waals surface area contributed by atoms with E-state index in [0.29, 0.717) is 0 Å². The van der Waals surface area contributed by atoms with E-state index in [1.54, 1.807) is 14.2 Å². The molecule has 3 aromatic carbocycles. The summed E-state index contributed by atoms with van der Waals surface area (Å²) in [5.74, 6) is 3.15. The summed E-state index contributed by atoms with van der Waals surface area (Å²) in [6.07, 6.45) is 0. The number of methoxy groups -OCH3 is 2. The van der Waals surface area contributed by atoms with Crippen molar-refractivity contribution in [2.75, 3.05) is 14.2 Å². The molecular formula is C22H18NO3+. The van der Waals surface area contributed by atoms with E-state index in [-0.39, 0.29) is 0 Å². The van der Waals surface area contributed by atoms with Crippen LogP contribution in [0.3, 0.4) is 0 Å². The number of pyridine rings is 1. The van der Waals surface area contributed by atoms with Crippen LogP contribution in [-0.4, -0.2) is 14.2 Å². The van der Waals surface area contributed by atoms with Crippen LogP contribution in [0.5, 0.6) is 23.0 Å². The topological polar surface area (TPSA) is 31.6 Å². The molecule has 2 heterocycles. The van der Waals surface area contributed by atoms with Crippen molar-refractivity contribution in [1.29, 1.82) is 0 Å². The third-order valence-corrected chi connectivity index (χ3v) is 5.10. The van der Waals surface area contributed by atoms with Gasteiger partial charge in [0.1, 0.15) is 30.0 Å². The molecule has 4 heteroatoms. The fourth-order valence-corrected chi connectivity index (χ4v) is 3.87. The number of rotatable bonds is 2. The van der Waals surface area contributed by atoms with Gasteiger partial charge < -0.3 is 14.2 Å². The molecule has 0 unspecified atom stereocenters. The van der Waals surface area contributed by atoms with Gasteiger partial charge in [0.15, 0.2) is 0 Å². The molecule has 26 heavy (non-hydrogen) atoms. The summed E-state index contributed by atoms with van der Waals surface area (Å²) >= 11 is 0. The van der Waals surface area contributed by atoms with Crippen molar-refractivity contribution in [3.05, 3.63) is 54.6 Å². The van der Waals surface area contributed by atoms with Crippen LogP contribution < -0.4 is 18.8 Å². The Labute approximate surface area is 151 Å². The fraction of sp³-hybridized carbons (Fsp3) is 0.136. The molecule has 128 valence electrons. The van der Waals surface area contributed by atoms with E-state index in [9.17, 15) is 0 Å². The predicted octanol–water partition coefficient (Wildman–Crippen LogP) is 4.61. The lowest BCUT2D eigenvalue weighted by atomic mass is 9.96. The van der Waals surface area contributed by atoms with Crippen LogP contribution >= 0.6 is 0 Å². The minimum atomic E-state index is 0.773. The highest BCUT2D eigenvalue weighted by Gasteiger charge is 2.30. The van der Waals surface area contributed by atoms with E-state index in [1.165, 1.54) is 5.39 Å². The van der Waals surface area contributed by atoms with Gasteiger partial charge in [-0.05, 0) is 24.3 Å². The van der Waals surface area contributed by atoms with E-state index >= 15 is 0 Å². The van der Waals surface area contributed by atoms with Crippen LogP contribution in [0.1, 0.15) is 0 Å². The lowest BCUT2D eigenvalue weighted by molar-refractivity contribution is -0.632. The van der Waals surface area contributed by atoms with E-state index in [2.05, 4.69) is 48.0 Å². The average Bonchev–Trinajstić information content (AvgIpc) is 2.69. The first-order valence-corrected chi connectivity index (χ1v) is 8.50. The molecule has 0 amide bonds. The molecule has 0 radical (unpaired) electrons. The quantitative estimate of drug-likeness (QED) is 0.346. The van der Waals surface area contributed by atoms with E-state index < -0.39 is 0 Å². The second kappa shape index (κ2) is 5.36. The van der Waals surface area contributed by atoms with Crippen molar-refractivity contribution in [1.82, 2.24) is 0 Å². The zero-order chi connectivity index (χ0) is 17.8. The molecule has 0 atom stereocenters. The molecule has 0 spiro atoms. The summed E-state index contributed by atoms with van der Waals surface area (Å²) in [5, 5.41) is 3.41. The predicted molar refractivity (Wildman–Crippen MR) is 101 cm³/mol. The van der Waals surface area contributed by atoms with Gasteiger partial charge in [-0.25, -0.2) is 0 Å². The highest BCUT2D eigenvalue weighted by Crippen LogP contribution is 2.48. The number of benzene rings is 3. The summed E-state index contributed by atoms with van der Waals surface area (Å²) in [6.45, 7) is 0. The SMILES string of the molecule is COc1ccc2c(c1)Oc1cc(OC)cc3c1c-2[n+](C)c1ccccc31. The normalized spacial score (nSPS) is 12.0. The fourth-order valence-electron chi connectivity index (χ4n) is 3.87. The van der Waals surface area contributed by atoms with Crippen LogP contribution in [0.2, 0.25) is 0 Å². The Bertz CT molecular complexity index is 1200. The Balaban J connectivity index is 2.00. The molecule has 5 rings (SSSR count). The second-order valence-electron chi connectivity index (χ2n) is 6.44. The summed E-state index contributed by atoms with van der Waals surface area (Å²) in [5.41, 5.74) is 3.36. The zero-order valence-corrected chi connectivity index (χ0v) is 14.9. The molecule has 0 N–H and O–H groups in total. The molecule has 1 aliphatic heterocycles. The number of hydrogen-bond acceptors (Lipinski definition) is 3. The van der Waals surface area contributed by atoms with Crippen molar-refractivity contribution in [2.24, 2.45) is 7.05 Å². The maximum atomic E-state index is 6.27. The van der Waals surface area contributed by atoms with Crippen molar-refractivity contribution >= 4 is 21.7 Å². The van der Waals surface area contributed by atoms with Crippen LogP contribution in [-0.2, 0) is 7.05 Å². The standard InChI is InChI=1S/C22H18NO3/c1-23-18-7-5-4-6-15(18)17-10-14(25-3)12-20-21(17)22(23)16-9-8-13(24-2)11-19(16)26-20/h4-12H,1-3H3/q+1. The van der Waals surface area contributed by atoms with Crippen LogP contribution in [0, 0.1) is 0 Å². The van der Waals surface area contributed by atoms with Gasteiger partial charge in [-0.15, -0.1) is 0 Å². The number of para-hydroxylation sites is 1. The van der Waals surface area contributed by atoms with E-state index in [4.69, 9.17) is 14.2 Å². The van der Waals surface area contributed by atoms with Gasteiger partial charge in [0, 0.05) is 23.6 Å². The van der Waals surface area contributed by atoms with Gasteiger partial charge in [-0.1, -0.05) is 12.1 Å². The number of fused-ring (bicyclic) bond motifs is 4. The second-order valence-corrected chi connectivity index (χ2v) is 6.44. The number of nitrogens with zero attached hydrogens (tertiary/aromatic N) is 1. The molecule has 1 aliphatic rings. The minimum absolute atomic E-state index is 0.773. The lowest BCUT2D eigenvalue weighted by Gasteiger charge is -2.21. The highest BCUT2D eigenvalue weighted by atomic mass is 16.5. The van der Waals surface area contributed by atoms with Crippen LogP contribution in [0.25, 0.3) is 32.9 Å². The van der Waals surface area contributed by atoms with Gasteiger partial charge in [0.25, 0.3) is 0 Å². The molecular weight excluding hydrogens is 326 g/mol. The van der Waals surface area contributed by atoms with Gasteiger partial charge in [0.2, 0.25) is 11.2 Å². The lowest BCUT2D eigenvalue weighted by Crippen LogP contribution is -2.33. The molecule has 0 bridgehead atoms. The van der Waals surface area contributed by atoms with E-state index in [1.807, 2.05) is 18.2 Å². The average molecular weight is 344 g/mol. The van der Waals surface area contributed by atoms with Crippen LogP contribution in [0.15, 0.2) is 54.6 Å². The monoisotopic (exact) mass is 344 g/mol. The Morgan fingerprint density at radius 1 is 0.808 bits per heavy atom. The zero-order valence-electron chi connectivity index (χ0n) is 14.9. The third kappa shape index (κ3) is 1.93. The maximum absolute atomic E-state index is 6.27. The molecule has 0 fully saturated rings. The number of ether oxygens (including phenoxy) is 3. The Morgan fingerprint density at radius 2 is 1.58 bits per heavy atom. The van der Waals surface area contributed by atoms with Gasteiger partial charge >= 0.3 is 0 Å². The number of aromatic nitrogens is 1. The third-order valence-electron chi connectivity index (χ3n) is 5.10. The van der Waals surface area contributed by atoms with Crippen molar-refractivity contribution < 1.29 is 18.8 Å². The first-order chi connectivity index (χ1) is 12.7.